The molecule has 2 saturated heterocycles. The van der Waals surface area contributed by atoms with Crippen molar-refractivity contribution in [3.05, 3.63) is 0 Å². The number of ether oxygens (including phenoxy) is 2. The molecule has 0 aromatic heterocycles. The van der Waals surface area contributed by atoms with Gasteiger partial charge in [0.1, 0.15) is 0 Å². The van der Waals surface area contributed by atoms with Crippen LogP contribution < -0.4 is 5.32 Å². The summed E-state index contributed by atoms with van der Waals surface area (Å²) < 4.78 is 11.8. The quantitative estimate of drug-likeness (QED) is 0.544. The number of rotatable bonds is 7. The van der Waals surface area contributed by atoms with Gasteiger partial charge in [-0.15, -0.1) is 0 Å². The number of aliphatic hydroxyl groups excluding tert-OH is 1. The van der Waals surface area contributed by atoms with E-state index in [1.165, 1.54) is 12.8 Å². The average molecular weight is 341 g/mol. The Hall–Kier alpha value is -0.850. The number of hydrogen-bond acceptors (Lipinski definition) is 4. The minimum absolute atomic E-state index is 0.183. The van der Waals surface area contributed by atoms with Gasteiger partial charge in [0, 0.05) is 39.4 Å². The van der Waals surface area contributed by atoms with Crippen LogP contribution in [0.25, 0.3) is 0 Å². The molecule has 0 spiro atoms. The van der Waals surface area contributed by atoms with Gasteiger partial charge in [-0.1, -0.05) is 6.92 Å². The summed E-state index contributed by atoms with van der Waals surface area (Å²) in [7, 11) is 0. The summed E-state index contributed by atoms with van der Waals surface area (Å²) in [5.74, 6) is 1.17. The van der Waals surface area contributed by atoms with E-state index in [1.807, 2.05) is 6.92 Å². The largest absolute Gasteiger partial charge is 0.396 e. The van der Waals surface area contributed by atoms with E-state index in [-0.39, 0.29) is 12.5 Å². The number of nitrogens with one attached hydrogen (secondary N) is 1. The Balaban J connectivity index is 1.72. The van der Waals surface area contributed by atoms with Crippen molar-refractivity contribution in [2.75, 3.05) is 46.0 Å². The van der Waals surface area contributed by atoms with Crippen LogP contribution in [0.15, 0.2) is 4.99 Å². The molecule has 2 aliphatic rings. The van der Waals surface area contributed by atoms with E-state index in [4.69, 9.17) is 14.6 Å². The van der Waals surface area contributed by atoms with Crippen LogP contribution in [-0.2, 0) is 9.47 Å². The second-order valence-electron chi connectivity index (χ2n) is 6.99. The highest BCUT2D eigenvalue weighted by Gasteiger charge is 2.23. The van der Waals surface area contributed by atoms with Gasteiger partial charge >= 0.3 is 0 Å². The maximum Gasteiger partial charge on any atom is 0.193 e. The summed E-state index contributed by atoms with van der Waals surface area (Å²) in [5, 5.41) is 12.5. The molecule has 2 rings (SSSR count). The Bertz CT molecular complexity index is 365. The molecule has 140 valence electrons. The first-order chi connectivity index (χ1) is 11.7. The number of aliphatic hydroxyl groups is 1. The summed E-state index contributed by atoms with van der Waals surface area (Å²) in [6.45, 7) is 9.38. The van der Waals surface area contributed by atoms with Crippen LogP contribution in [0.4, 0.5) is 0 Å². The molecule has 24 heavy (non-hydrogen) atoms. The van der Waals surface area contributed by atoms with E-state index in [2.05, 4.69) is 22.1 Å². The monoisotopic (exact) mass is 341 g/mol. The van der Waals surface area contributed by atoms with Crippen molar-refractivity contribution in [3.8, 4) is 0 Å². The number of hydrogen-bond donors (Lipinski definition) is 2. The van der Waals surface area contributed by atoms with Crippen LogP contribution in [0.3, 0.4) is 0 Å². The Morgan fingerprint density at radius 1 is 1.33 bits per heavy atom. The standard InChI is InChI=1S/C18H35N3O3/c1-3-19-18(20-12-15(2)13-22)21-9-7-16(8-10-21)24-14-17-6-4-5-11-23-17/h15-17,22H,3-14H2,1-2H3,(H,19,20). The number of nitrogens with zero attached hydrogens (tertiary/aromatic N) is 2. The van der Waals surface area contributed by atoms with E-state index in [1.54, 1.807) is 0 Å². The number of guanidine groups is 1. The molecule has 0 aromatic carbocycles. The molecule has 0 saturated carbocycles. The van der Waals surface area contributed by atoms with Crippen molar-refractivity contribution in [2.24, 2.45) is 10.9 Å². The lowest BCUT2D eigenvalue weighted by Gasteiger charge is -2.35. The molecule has 2 heterocycles. The minimum atomic E-state index is 0.183. The van der Waals surface area contributed by atoms with E-state index < -0.39 is 0 Å². The molecule has 0 bridgehead atoms. The first-order valence-corrected chi connectivity index (χ1v) is 9.60. The minimum Gasteiger partial charge on any atom is -0.396 e. The average Bonchev–Trinajstić information content (AvgIpc) is 2.64. The van der Waals surface area contributed by atoms with Gasteiger partial charge in [-0.3, -0.25) is 4.99 Å². The maximum absolute atomic E-state index is 9.16. The number of aliphatic imine (C=N–C) groups is 1. The SMILES string of the molecule is CCNC(=NCC(C)CO)N1CCC(OCC2CCCCO2)CC1. The molecule has 2 aliphatic heterocycles. The number of likely N-dealkylation sites (tertiary alicyclic amines) is 1. The van der Waals surface area contributed by atoms with Gasteiger partial charge in [0.15, 0.2) is 5.96 Å². The second kappa shape index (κ2) is 10.9. The van der Waals surface area contributed by atoms with Crippen LogP contribution in [0, 0.1) is 5.92 Å². The maximum atomic E-state index is 9.16. The first-order valence-electron chi connectivity index (χ1n) is 9.60. The van der Waals surface area contributed by atoms with Crippen molar-refractivity contribution in [1.82, 2.24) is 10.2 Å². The van der Waals surface area contributed by atoms with Gasteiger partial charge in [0.05, 0.1) is 18.8 Å². The Morgan fingerprint density at radius 2 is 2.12 bits per heavy atom. The summed E-state index contributed by atoms with van der Waals surface area (Å²) >= 11 is 0. The van der Waals surface area contributed by atoms with Gasteiger partial charge in [0.2, 0.25) is 0 Å². The third-order valence-corrected chi connectivity index (χ3v) is 4.73. The van der Waals surface area contributed by atoms with E-state index >= 15 is 0 Å². The van der Waals surface area contributed by atoms with E-state index in [0.29, 0.717) is 18.8 Å². The normalized spacial score (nSPS) is 24.9. The van der Waals surface area contributed by atoms with Gasteiger partial charge in [-0.2, -0.15) is 0 Å². The molecule has 0 radical (unpaired) electrons. The van der Waals surface area contributed by atoms with Crippen LogP contribution in [0.1, 0.15) is 46.0 Å². The molecule has 0 amide bonds. The topological polar surface area (TPSA) is 66.3 Å². The molecular formula is C18H35N3O3. The van der Waals surface area contributed by atoms with Crippen molar-refractivity contribution < 1.29 is 14.6 Å². The Morgan fingerprint density at radius 3 is 2.75 bits per heavy atom. The highest BCUT2D eigenvalue weighted by atomic mass is 16.5. The lowest BCUT2D eigenvalue weighted by molar-refractivity contribution is -0.0721. The molecule has 0 aromatic rings. The lowest BCUT2D eigenvalue weighted by Crippen LogP contribution is -2.47. The fraction of sp³-hybridized carbons (Fsp3) is 0.944. The van der Waals surface area contributed by atoms with Crippen LogP contribution in [-0.4, -0.2) is 74.2 Å². The van der Waals surface area contributed by atoms with Gasteiger partial charge in [-0.25, -0.2) is 0 Å². The first kappa shape index (κ1) is 19.5. The van der Waals surface area contributed by atoms with Crippen LogP contribution >= 0.6 is 0 Å². The molecule has 6 nitrogen and oxygen atoms in total. The Kier molecular flexibility index (Phi) is 8.84. The summed E-state index contributed by atoms with van der Waals surface area (Å²) in [6, 6.07) is 0. The number of piperidine rings is 1. The molecular weight excluding hydrogens is 306 g/mol. The third-order valence-electron chi connectivity index (χ3n) is 4.73. The van der Waals surface area contributed by atoms with Crippen molar-refractivity contribution >= 4 is 5.96 Å². The third kappa shape index (κ3) is 6.57. The smallest absolute Gasteiger partial charge is 0.193 e. The zero-order chi connectivity index (χ0) is 17.2. The molecule has 6 heteroatoms. The van der Waals surface area contributed by atoms with Crippen LogP contribution in [0.5, 0.6) is 0 Å². The van der Waals surface area contributed by atoms with E-state index in [0.717, 1.165) is 58.1 Å². The molecule has 2 N–H and O–H groups in total. The lowest BCUT2D eigenvalue weighted by atomic mass is 10.1. The van der Waals surface area contributed by atoms with E-state index in [9.17, 15) is 0 Å². The fourth-order valence-electron chi connectivity index (χ4n) is 3.14. The van der Waals surface area contributed by atoms with Crippen molar-refractivity contribution in [1.29, 1.82) is 0 Å². The van der Waals surface area contributed by atoms with Gasteiger partial charge in [-0.05, 0) is 44.9 Å². The molecule has 2 atom stereocenters. The zero-order valence-electron chi connectivity index (χ0n) is 15.4. The molecule has 2 unspecified atom stereocenters. The summed E-state index contributed by atoms with van der Waals surface area (Å²) in [6.07, 6.45) is 6.30. The van der Waals surface area contributed by atoms with Crippen molar-refractivity contribution in [3.63, 3.8) is 0 Å². The highest BCUT2D eigenvalue weighted by Crippen LogP contribution is 2.18. The zero-order valence-corrected chi connectivity index (χ0v) is 15.4. The molecule has 2 fully saturated rings. The summed E-state index contributed by atoms with van der Waals surface area (Å²) in [4.78, 5) is 6.97. The predicted molar refractivity (Wildman–Crippen MR) is 96.4 cm³/mol. The van der Waals surface area contributed by atoms with Crippen LogP contribution in [0.2, 0.25) is 0 Å². The second-order valence-corrected chi connectivity index (χ2v) is 6.99. The van der Waals surface area contributed by atoms with Gasteiger partial charge in [0.25, 0.3) is 0 Å². The van der Waals surface area contributed by atoms with Gasteiger partial charge < -0.3 is 24.8 Å². The highest BCUT2D eigenvalue weighted by molar-refractivity contribution is 5.80. The summed E-state index contributed by atoms with van der Waals surface area (Å²) in [5.41, 5.74) is 0. The predicted octanol–water partition coefficient (Wildman–Crippen LogP) is 1.63. The van der Waals surface area contributed by atoms with Crippen molar-refractivity contribution in [2.45, 2.75) is 58.2 Å². The fourth-order valence-corrected chi connectivity index (χ4v) is 3.14. The Labute approximate surface area is 146 Å². The molecule has 0 aliphatic carbocycles.